The molecule has 0 saturated heterocycles. The van der Waals surface area contributed by atoms with E-state index >= 15 is 0 Å². The molecule has 1 amide bonds. The molecule has 158 valence electrons. The van der Waals surface area contributed by atoms with Gasteiger partial charge in [-0.2, -0.15) is 0 Å². The highest BCUT2D eigenvalue weighted by molar-refractivity contribution is 5.91. The Balaban J connectivity index is 1.78. The normalized spacial score (nSPS) is 10.8. The third-order valence-corrected chi connectivity index (χ3v) is 4.20. The first kappa shape index (κ1) is 22.7. The van der Waals surface area contributed by atoms with E-state index in [9.17, 15) is 4.79 Å². The number of rotatable bonds is 12. The van der Waals surface area contributed by atoms with Gasteiger partial charge in [-0.3, -0.25) is 4.79 Å². The largest absolute Gasteiger partial charge is 0.493 e. The van der Waals surface area contributed by atoms with Crippen molar-refractivity contribution in [3.05, 3.63) is 53.6 Å². The predicted molar refractivity (Wildman–Crippen MR) is 116 cm³/mol. The van der Waals surface area contributed by atoms with E-state index in [4.69, 9.17) is 14.2 Å². The summed E-state index contributed by atoms with van der Waals surface area (Å²) in [6.07, 6.45) is 1.23. The molecule has 0 spiro atoms. The molecule has 2 N–H and O–H groups in total. The van der Waals surface area contributed by atoms with E-state index < -0.39 is 0 Å². The van der Waals surface area contributed by atoms with E-state index in [0.29, 0.717) is 11.5 Å². The molecule has 0 radical (unpaired) electrons. The second kappa shape index (κ2) is 12.1. The summed E-state index contributed by atoms with van der Waals surface area (Å²) in [4.78, 5) is 12.1. The molecule has 0 aliphatic heterocycles. The van der Waals surface area contributed by atoms with E-state index in [0.717, 1.165) is 42.9 Å². The number of aryl methyl sites for hydroxylation is 1. The molecule has 6 heteroatoms. The molecule has 2 aromatic rings. The van der Waals surface area contributed by atoms with Crippen LogP contribution in [0.15, 0.2) is 42.5 Å². The third kappa shape index (κ3) is 8.54. The fourth-order valence-corrected chi connectivity index (χ4v) is 2.67. The minimum atomic E-state index is -0.217. The van der Waals surface area contributed by atoms with Gasteiger partial charge in [0.05, 0.1) is 13.2 Å². The van der Waals surface area contributed by atoms with Crippen LogP contribution in [0, 0.1) is 6.92 Å². The van der Waals surface area contributed by atoms with Crippen molar-refractivity contribution < 1.29 is 19.0 Å². The Hall–Kier alpha value is -2.57. The standard InChI is InChI=1S/C23H32N2O4/c1-17(2)28-13-5-12-24-15-19-8-11-21(22(14-19)27-4)29-16-23(26)25-20-9-6-18(3)7-10-20/h6-11,14,17,24H,5,12-13,15-16H2,1-4H3,(H,25,26). The van der Waals surface area contributed by atoms with E-state index in [1.165, 1.54) is 0 Å². The number of carbonyl (C=O) groups is 1. The van der Waals surface area contributed by atoms with Gasteiger partial charge in [-0.25, -0.2) is 0 Å². The Labute approximate surface area is 173 Å². The monoisotopic (exact) mass is 400 g/mol. The van der Waals surface area contributed by atoms with Gasteiger partial charge in [-0.1, -0.05) is 23.8 Å². The van der Waals surface area contributed by atoms with E-state index in [-0.39, 0.29) is 18.6 Å². The van der Waals surface area contributed by atoms with Crippen LogP contribution in [0.3, 0.4) is 0 Å². The molecule has 0 saturated carbocycles. The maximum Gasteiger partial charge on any atom is 0.262 e. The molecular weight excluding hydrogens is 368 g/mol. The van der Waals surface area contributed by atoms with Gasteiger partial charge in [0.25, 0.3) is 5.91 Å². The molecule has 0 aromatic heterocycles. The zero-order valence-corrected chi connectivity index (χ0v) is 17.8. The van der Waals surface area contributed by atoms with Gasteiger partial charge in [-0.15, -0.1) is 0 Å². The van der Waals surface area contributed by atoms with Crippen molar-refractivity contribution in [2.45, 2.75) is 39.8 Å². The van der Waals surface area contributed by atoms with Crippen molar-refractivity contribution >= 4 is 11.6 Å². The number of methoxy groups -OCH3 is 1. The lowest BCUT2D eigenvalue weighted by atomic mass is 10.2. The molecule has 0 heterocycles. The van der Waals surface area contributed by atoms with Crippen LogP contribution in [0.4, 0.5) is 5.69 Å². The highest BCUT2D eigenvalue weighted by Crippen LogP contribution is 2.28. The van der Waals surface area contributed by atoms with Crippen LogP contribution in [-0.2, 0) is 16.1 Å². The predicted octanol–water partition coefficient (Wildman–Crippen LogP) is 3.93. The average molecular weight is 401 g/mol. The summed E-state index contributed by atoms with van der Waals surface area (Å²) < 4.78 is 16.6. The maximum atomic E-state index is 12.1. The van der Waals surface area contributed by atoms with E-state index in [2.05, 4.69) is 10.6 Å². The quantitative estimate of drug-likeness (QED) is 0.529. The van der Waals surface area contributed by atoms with Crippen molar-refractivity contribution in [3.8, 4) is 11.5 Å². The Morgan fingerprint density at radius 1 is 1.07 bits per heavy atom. The number of ether oxygens (including phenoxy) is 3. The number of hydrogen-bond donors (Lipinski definition) is 2. The number of amides is 1. The Kier molecular flexibility index (Phi) is 9.47. The summed E-state index contributed by atoms with van der Waals surface area (Å²) in [5.41, 5.74) is 2.97. The average Bonchev–Trinajstić information content (AvgIpc) is 2.70. The van der Waals surface area contributed by atoms with Crippen molar-refractivity contribution in [1.29, 1.82) is 0 Å². The molecular formula is C23H32N2O4. The van der Waals surface area contributed by atoms with Gasteiger partial charge in [0.2, 0.25) is 0 Å². The SMILES string of the molecule is COc1cc(CNCCCOC(C)C)ccc1OCC(=O)Nc1ccc(C)cc1. The molecule has 2 rings (SSSR count). The molecule has 0 bridgehead atoms. The number of carbonyl (C=O) groups excluding carboxylic acids is 1. The highest BCUT2D eigenvalue weighted by atomic mass is 16.5. The minimum Gasteiger partial charge on any atom is -0.493 e. The van der Waals surface area contributed by atoms with Gasteiger partial charge in [0.15, 0.2) is 18.1 Å². The molecule has 0 atom stereocenters. The van der Waals surface area contributed by atoms with Crippen molar-refractivity contribution in [3.63, 3.8) is 0 Å². The number of nitrogens with one attached hydrogen (secondary N) is 2. The van der Waals surface area contributed by atoms with Gasteiger partial charge >= 0.3 is 0 Å². The summed E-state index contributed by atoms with van der Waals surface area (Å²) >= 11 is 0. The zero-order valence-electron chi connectivity index (χ0n) is 17.8. The molecule has 0 unspecified atom stereocenters. The first-order chi connectivity index (χ1) is 14.0. The van der Waals surface area contributed by atoms with Crippen LogP contribution in [0.25, 0.3) is 0 Å². The lowest BCUT2D eigenvalue weighted by molar-refractivity contribution is -0.118. The molecule has 0 aliphatic carbocycles. The van der Waals surface area contributed by atoms with Gasteiger partial charge in [-0.05, 0) is 63.6 Å². The maximum absolute atomic E-state index is 12.1. The summed E-state index contributed by atoms with van der Waals surface area (Å²) in [5.74, 6) is 0.932. The van der Waals surface area contributed by atoms with E-state index in [1.54, 1.807) is 7.11 Å². The Morgan fingerprint density at radius 2 is 1.83 bits per heavy atom. The number of anilines is 1. The van der Waals surface area contributed by atoms with Crippen LogP contribution in [0.2, 0.25) is 0 Å². The fraction of sp³-hybridized carbons (Fsp3) is 0.435. The summed E-state index contributed by atoms with van der Waals surface area (Å²) in [7, 11) is 1.59. The second-order valence-corrected chi connectivity index (χ2v) is 7.14. The molecule has 0 fully saturated rings. The topological polar surface area (TPSA) is 68.8 Å². The van der Waals surface area contributed by atoms with Crippen molar-refractivity contribution in [2.24, 2.45) is 0 Å². The second-order valence-electron chi connectivity index (χ2n) is 7.14. The minimum absolute atomic E-state index is 0.0856. The smallest absolute Gasteiger partial charge is 0.262 e. The zero-order chi connectivity index (χ0) is 21.1. The lowest BCUT2D eigenvalue weighted by Gasteiger charge is -2.13. The molecule has 29 heavy (non-hydrogen) atoms. The van der Waals surface area contributed by atoms with Crippen LogP contribution in [0.1, 0.15) is 31.4 Å². The molecule has 0 aliphatic rings. The number of benzene rings is 2. The van der Waals surface area contributed by atoms with Crippen molar-refractivity contribution in [2.75, 3.05) is 32.2 Å². The van der Waals surface area contributed by atoms with E-state index in [1.807, 2.05) is 63.2 Å². The van der Waals surface area contributed by atoms with Crippen LogP contribution >= 0.6 is 0 Å². The summed E-state index contributed by atoms with van der Waals surface area (Å²) in [6, 6.07) is 13.3. The first-order valence-electron chi connectivity index (χ1n) is 9.96. The van der Waals surface area contributed by atoms with Crippen LogP contribution in [-0.4, -0.2) is 38.9 Å². The fourth-order valence-electron chi connectivity index (χ4n) is 2.67. The summed E-state index contributed by atoms with van der Waals surface area (Å²) in [6.45, 7) is 8.36. The summed E-state index contributed by atoms with van der Waals surface area (Å²) in [5, 5.41) is 6.20. The van der Waals surface area contributed by atoms with Gasteiger partial charge < -0.3 is 24.8 Å². The molecule has 2 aromatic carbocycles. The first-order valence-corrected chi connectivity index (χ1v) is 9.96. The van der Waals surface area contributed by atoms with Crippen LogP contribution < -0.4 is 20.1 Å². The highest BCUT2D eigenvalue weighted by Gasteiger charge is 2.09. The number of hydrogen-bond acceptors (Lipinski definition) is 5. The van der Waals surface area contributed by atoms with Gasteiger partial charge in [0.1, 0.15) is 0 Å². The van der Waals surface area contributed by atoms with Crippen molar-refractivity contribution in [1.82, 2.24) is 5.32 Å². The Bertz CT molecular complexity index is 760. The van der Waals surface area contributed by atoms with Gasteiger partial charge in [0, 0.05) is 18.8 Å². The Morgan fingerprint density at radius 3 is 2.52 bits per heavy atom. The lowest BCUT2D eigenvalue weighted by Crippen LogP contribution is -2.20. The van der Waals surface area contributed by atoms with Crippen LogP contribution in [0.5, 0.6) is 11.5 Å². The third-order valence-electron chi connectivity index (χ3n) is 4.20. The molecule has 6 nitrogen and oxygen atoms in total.